The number of nitrogens with one attached hydrogen (secondary N) is 1. The molecule has 1 unspecified atom stereocenters. The van der Waals surface area contributed by atoms with E-state index in [2.05, 4.69) is 20.2 Å². The van der Waals surface area contributed by atoms with Crippen molar-refractivity contribution < 1.29 is 14.1 Å². The number of methoxy groups -OCH3 is 1. The van der Waals surface area contributed by atoms with E-state index in [-0.39, 0.29) is 5.97 Å². The summed E-state index contributed by atoms with van der Waals surface area (Å²) in [6, 6.07) is 6.96. The van der Waals surface area contributed by atoms with Crippen LogP contribution in [0.5, 0.6) is 0 Å². The lowest BCUT2D eigenvalue weighted by Crippen LogP contribution is -2.10. The molecule has 0 aliphatic carbocycles. The van der Waals surface area contributed by atoms with E-state index in [1.807, 2.05) is 0 Å². The molecule has 110 valence electrons. The second-order valence-electron chi connectivity index (χ2n) is 5.14. The van der Waals surface area contributed by atoms with Gasteiger partial charge in [-0.05, 0) is 37.6 Å². The standard InChI is InChI=1S/C15H17N3O3/c1-20-15(19)12-4-2-11(3-5-12)14-17-13(21-18-14)8-10-6-7-16-9-10/h2-5,10,16H,6-9H2,1H3. The van der Waals surface area contributed by atoms with E-state index in [4.69, 9.17) is 4.52 Å². The molecule has 1 aromatic carbocycles. The molecule has 0 radical (unpaired) electrons. The van der Waals surface area contributed by atoms with Gasteiger partial charge in [0.2, 0.25) is 11.7 Å². The van der Waals surface area contributed by atoms with E-state index in [1.54, 1.807) is 24.3 Å². The number of aromatic nitrogens is 2. The van der Waals surface area contributed by atoms with E-state index in [9.17, 15) is 4.79 Å². The Balaban J connectivity index is 1.71. The van der Waals surface area contributed by atoms with Crippen LogP contribution in [0.25, 0.3) is 11.4 Å². The van der Waals surface area contributed by atoms with Gasteiger partial charge in [-0.25, -0.2) is 4.79 Å². The first-order valence-electron chi connectivity index (χ1n) is 6.98. The lowest BCUT2D eigenvalue weighted by molar-refractivity contribution is 0.0601. The molecule has 0 bridgehead atoms. The summed E-state index contributed by atoms with van der Waals surface area (Å²) >= 11 is 0. The van der Waals surface area contributed by atoms with Crippen LogP contribution in [0.2, 0.25) is 0 Å². The number of rotatable bonds is 4. The number of carbonyl (C=O) groups is 1. The number of carbonyl (C=O) groups excluding carboxylic acids is 1. The molecule has 6 nitrogen and oxygen atoms in total. The van der Waals surface area contributed by atoms with Gasteiger partial charge in [-0.3, -0.25) is 0 Å². The fourth-order valence-corrected chi connectivity index (χ4v) is 2.46. The monoisotopic (exact) mass is 287 g/mol. The summed E-state index contributed by atoms with van der Waals surface area (Å²) in [4.78, 5) is 15.8. The predicted molar refractivity (Wildman–Crippen MR) is 75.8 cm³/mol. The zero-order valence-electron chi connectivity index (χ0n) is 11.8. The number of benzene rings is 1. The van der Waals surface area contributed by atoms with Gasteiger partial charge in [-0.15, -0.1) is 0 Å². The van der Waals surface area contributed by atoms with E-state index in [0.717, 1.165) is 31.5 Å². The minimum Gasteiger partial charge on any atom is -0.465 e. The summed E-state index contributed by atoms with van der Waals surface area (Å²) in [7, 11) is 1.36. The molecule has 0 spiro atoms. The Bertz CT molecular complexity index is 615. The molecular weight excluding hydrogens is 270 g/mol. The Labute approximate surface area is 122 Å². The summed E-state index contributed by atoms with van der Waals surface area (Å²) in [5, 5.41) is 7.32. The van der Waals surface area contributed by atoms with Crippen LogP contribution >= 0.6 is 0 Å². The lowest BCUT2D eigenvalue weighted by atomic mass is 10.1. The molecule has 1 atom stereocenters. The number of nitrogens with zero attached hydrogens (tertiary/aromatic N) is 2. The second-order valence-corrected chi connectivity index (χ2v) is 5.14. The predicted octanol–water partition coefficient (Wildman–Crippen LogP) is 1.68. The first kappa shape index (κ1) is 13.8. The zero-order chi connectivity index (χ0) is 14.7. The number of esters is 1. The average Bonchev–Trinajstić information content (AvgIpc) is 3.19. The maximum Gasteiger partial charge on any atom is 0.337 e. The van der Waals surface area contributed by atoms with Crippen molar-refractivity contribution in [2.75, 3.05) is 20.2 Å². The number of hydrogen-bond acceptors (Lipinski definition) is 6. The van der Waals surface area contributed by atoms with Crippen LogP contribution in [-0.2, 0) is 11.2 Å². The highest BCUT2D eigenvalue weighted by molar-refractivity contribution is 5.89. The minimum absolute atomic E-state index is 0.357. The van der Waals surface area contributed by atoms with Crippen LogP contribution in [0.15, 0.2) is 28.8 Å². The molecule has 2 aromatic rings. The van der Waals surface area contributed by atoms with Crippen molar-refractivity contribution in [1.82, 2.24) is 15.5 Å². The molecule has 6 heteroatoms. The Kier molecular flexibility index (Phi) is 3.96. The van der Waals surface area contributed by atoms with Crippen LogP contribution in [0.3, 0.4) is 0 Å². The van der Waals surface area contributed by atoms with Crippen molar-refractivity contribution in [2.45, 2.75) is 12.8 Å². The topological polar surface area (TPSA) is 77.2 Å². The van der Waals surface area contributed by atoms with Crippen molar-refractivity contribution in [3.05, 3.63) is 35.7 Å². The van der Waals surface area contributed by atoms with Gasteiger partial charge < -0.3 is 14.6 Å². The summed E-state index contributed by atoms with van der Waals surface area (Å²) in [5.41, 5.74) is 1.32. The fraction of sp³-hybridized carbons (Fsp3) is 0.400. The highest BCUT2D eigenvalue weighted by Gasteiger charge is 2.19. The van der Waals surface area contributed by atoms with Crippen LogP contribution in [0.1, 0.15) is 22.7 Å². The third-order valence-electron chi connectivity index (χ3n) is 3.66. The third-order valence-corrected chi connectivity index (χ3v) is 3.66. The van der Waals surface area contributed by atoms with Crippen LogP contribution in [-0.4, -0.2) is 36.3 Å². The molecule has 1 N–H and O–H groups in total. The van der Waals surface area contributed by atoms with Crippen LogP contribution < -0.4 is 5.32 Å². The molecule has 2 heterocycles. The van der Waals surface area contributed by atoms with Crippen molar-refractivity contribution >= 4 is 5.97 Å². The van der Waals surface area contributed by atoms with Gasteiger partial charge in [0.25, 0.3) is 0 Å². The van der Waals surface area contributed by atoms with Crippen molar-refractivity contribution in [2.24, 2.45) is 5.92 Å². The third kappa shape index (κ3) is 3.11. The Morgan fingerprint density at radius 2 is 2.24 bits per heavy atom. The van der Waals surface area contributed by atoms with Gasteiger partial charge in [0.15, 0.2) is 0 Å². The largest absolute Gasteiger partial charge is 0.465 e. The average molecular weight is 287 g/mol. The second kappa shape index (κ2) is 6.05. The van der Waals surface area contributed by atoms with Crippen LogP contribution in [0.4, 0.5) is 0 Å². The van der Waals surface area contributed by atoms with Gasteiger partial charge in [0.1, 0.15) is 0 Å². The maximum atomic E-state index is 11.4. The summed E-state index contributed by atoms with van der Waals surface area (Å²) in [6.07, 6.45) is 1.95. The SMILES string of the molecule is COC(=O)c1ccc(-c2noc(CC3CCNC3)n2)cc1. The fourth-order valence-electron chi connectivity index (χ4n) is 2.46. The molecule has 1 fully saturated rings. The Morgan fingerprint density at radius 1 is 1.43 bits per heavy atom. The van der Waals surface area contributed by atoms with E-state index in [0.29, 0.717) is 23.2 Å². The molecule has 1 aliphatic heterocycles. The molecule has 21 heavy (non-hydrogen) atoms. The number of ether oxygens (including phenoxy) is 1. The highest BCUT2D eigenvalue weighted by atomic mass is 16.5. The van der Waals surface area contributed by atoms with Crippen molar-refractivity contribution in [3.63, 3.8) is 0 Å². The van der Waals surface area contributed by atoms with Gasteiger partial charge in [0, 0.05) is 12.0 Å². The smallest absolute Gasteiger partial charge is 0.337 e. The molecule has 1 aromatic heterocycles. The quantitative estimate of drug-likeness (QED) is 0.862. The van der Waals surface area contributed by atoms with Gasteiger partial charge in [-0.1, -0.05) is 17.3 Å². The Morgan fingerprint density at radius 3 is 2.90 bits per heavy atom. The molecule has 0 amide bonds. The van der Waals surface area contributed by atoms with E-state index >= 15 is 0 Å². The molecule has 0 saturated carbocycles. The van der Waals surface area contributed by atoms with Crippen LogP contribution in [0, 0.1) is 5.92 Å². The highest BCUT2D eigenvalue weighted by Crippen LogP contribution is 2.19. The molecule has 3 rings (SSSR count). The first-order chi connectivity index (χ1) is 10.3. The normalized spacial score (nSPS) is 17.9. The minimum atomic E-state index is -0.357. The van der Waals surface area contributed by atoms with Gasteiger partial charge >= 0.3 is 5.97 Å². The molecule has 1 saturated heterocycles. The zero-order valence-corrected chi connectivity index (χ0v) is 11.8. The Hall–Kier alpha value is -2.21. The van der Waals surface area contributed by atoms with Gasteiger partial charge in [0.05, 0.1) is 12.7 Å². The summed E-state index contributed by atoms with van der Waals surface area (Å²) < 4.78 is 9.97. The van der Waals surface area contributed by atoms with Crippen molar-refractivity contribution in [1.29, 1.82) is 0 Å². The molecular formula is C15H17N3O3. The maximum absolute atomic E-state index is 11.4. The summed E-state index contributed by atoms with van der Waals surface area (Å²) in [6.45, 7) is 2.06. The first-order valence-corrected chi connectivity index (χ1v) is 6.98. The summed E-state index contributed by atoms with van der Waals surface area (Å²) in [5.74, 6) is 1.42. The van der Waals surface area contributed by atoms with Gasteiger partial charge in [-0.2, -0.15) is 4.98 Å². The molecule has 1 aliphatic rings. The van der Waals surface area contributed by atoms with E-state index < -0.39 is 0 Å². The lowest BCUT2D eigenvalue weighted by Gasteiger charge is -2.02. The van der Waals surface area contributed by atoms with Crippen molar-refractivity contribution in [3.8, 4) is 11.4 Å². The number of hydrogen-bond donors (Lipinski definition) is 1. The van der Waals surface area contributed by atoms with E-state index in [1.165, 1.54) is 7.11 Å².